The Balaban J connectivity index is 1.69. The molecule has 0 saturated heterocycles. The number of benzene rings is 1. The molecule has 0 radical (unpaired) electrons. The van der Waals surface area contributed by atoms with E-state index in [4.69, 9.17) is 0 Å². The van der Waals surface area contributed by atoms with E-state index in [1.54, 1.807) is 17.8 Å². The fourth-order valence-corrected chi connectivity index (χ4v) is 3.74. The number of pyridine rings is 1. The van der Waals surface area contributed by atoms with Crippen LogP contribution in [-0.2, 0) is 19.9 Å². The summed E-state index contributed by atoms with van der Waals surface area (Å²) in [6.07, 6.45) is 4.28. The number of rotatable bonds is 5. The van der Waals surface area contributed by atoms with E-state index in [2.05, 4.69) is 26.0 Å². The van der Waals surface area contributed by atoms with Crippen molar-refractivity contribution < 1.29 is 9.59 Å². The number of anilines is 3. The molecule has 4 rings (SSSR count). The smallest absolute Gasteiger partial charge is 0.276 e. The molecule has 0 spiro atoms. The minimum absolute atomic E-state index is 0.279. The average Bonchev–Trinajstić information content (AvgIpc) is 3.34. The first-order valence-corrected chi connectivity index (χ1v) is 9.88. The zero-order valence-electron chi connectivity index (χ0n) is 17.2. The summed E-state index contributed by atoms with van der Waals surface area (Å²) in [6.45, 7) is 1.98. The molecule has 2 aromatic heterocycles. The fraction of sp³-hybridized carbons (Fsp3) is 0.273. The largest absolute Gasteiger partial charge is 0.355 e. The molecule has 0 bridgehead atoms. The molecule has 30 heavy (non-hydrogen) atoms. The Labute approximate surface area is 174 Å². The SMILES string of the molecule is CNC(=O)c1cnc(Nc2ccccc2C)c(NC(=O)c2nn(C)c3c2CCC3)c1. The van der Waals surface area contributed by atoms with Crippen molar-refractivity contribution in [1.29, 1.82) is 0 Å². The number of hydrogen-bond acceptors (Lipinski definition) is 5. The summed E-state index contributed by atoms with van der Waals surface area (Å²) in [6, 6.07) is 9.40. The molecule has 8 nitrogen and oxygen atoms in total. The van der Waals surface area contributed by atoms with Crippen molar-refractivity contribution in [3.05, 3.63) is 64.6 Å². The van der Waals surface area contributed by atoms with Crippen LogP contribution in [0.5, 0.6) is 0 Å². The van der Waals surface area contributed by atoms with Gasteiger partial charge in [0.05, 0.1) is 11.3 Å². The summed E-state index contributed by atoms with van der Waals surface area (Å²) >= 11 is 0. The molecule has 1 aliphatic carbocycles. The van der Waals surface area contributed by atoms with Gasteiger partial charge in [-0.3, -0.25) is 14.3 Å². The van der Waals surface area contributed by atoms with Gasteiger partial charge in [0.2, 0.25) is 0 Å². The third kappa shape index (κ3) is 3.63. The number of aromatic nitrogens is 3. The van der Waals surface area contributed by atoms with E-state index < -0.39 is 0 Å². The van der Waals surface area contributed by atoms with Crippen molar-refractivity contribution in [1.82, 2.24) is 20.1 Å². The van der Waals surface area contributed by atoms with Gasteiger partial charge in [0.15, 0.2) is 11.5 Å². The topological polar surface area (TPSA) is 101 Å². The van der Waals surface area contributed by atoms with E-state index in [0.717, 1.165) is 41.8 Å². The van der Waals surface area contributed by atoms with E-state index in [9.17, 15) is 9.59 Å². The van der Waals surface area contributed by atoms with Gasteiger partial charge in [-0.05, 0) is 43.9 Å². The second-order valence-electron chi connectivity index (χ2n) is 7.34. The van der Waals surface area contributed by atoms with Gasteiger partial charge < -0.3 is 16.0 Å². The molecule has 3 aromatic rings. The molecule has 0 unspecified atom stereocenters. The number of nitrogens with one attached hydrogen (secondary N) is 3. The van der Waals surface area contributed by atoms with Crippen LogP contribution in [0.3, 0.4) is 0 Å². The van der Waals surface area contributed by atoms with Crippen molar-refractivity contribution in [2.45, 2.75) is 26.2 Å². The maximum Gasteiger partial charge on any atom is 0.276 e. The normalized spacial score (nSPS) is 12.4. The van der Waals surface area contributed by atoms with Gasteiger partial charge in [0, 0.05) is 37.2 Å². The maximum absolute atomic E-state index is 13.1. The minimum atomic E-state index is -0.308. The lowest BCUT2D eigenvalue weighted by Crippen LogP contribution is -2.20. The molecule has 0 fully saturated rings. The zero-order valence-corrected chi connectivity index (χ0v) is 17.2. The van der Waals surface area contributed by atoms with Crippen LogP contribution in [0.15, 0.2) is 36.5 Å². The number of aryl methyl sites for hydroxylation is 2. The molecule has 0 atom stereocenters. The van der Waals surface area contributed by atoms with Crippen molar-refractivity contribution in [3.8, 4) is 0 Å². The predicted octanol–water partition coefficient (Wildman–Crippen LogP) is 2.97. The van der Waals surface area contributed by atoms with Gasteiger partial charge in [-0.15, -0.1) is 0 Å². The van der Waals surface area contributed by atoms with E-state index in [-0.39, 0.29) is 11.8 Å². The van der Waals surface area contributed by atoms with Crippen LogP contribution in [0, 0.1) is 6.92 Å². The average molecular weight is 404 g/mol. The molecule has 0 saturated carbocycles. The van der Waals surface area contributed by atoms with Crippen molar-refractivity contribution >= 4 is 29.0 Å². The third-order valence-electron chi connectivity index (χ3n) is 5.35. The molecule has 2 amide bonds. The zero-order chi connectivity index (χ0) is 21.3. The van der Waals surface area contributed by atoms with Crippen molar-refractivity contribution in [2.24, 2.45) is 7.05 Å². The molecular formula is C22H24N6O2. The molecule has 1 aliphatic rings. The number of carbonyl (C=O) groups excluding carboxylic acids is 2. The van der Waals surface area contributed by atoms with Crippen LogP contribution in [-0.4, -0.2) is 33.6 Å². The monoisotopic (exact) mass is 404 g/mol. The Morgan fingerprint density at radius 3 is 2.67 bits per heavy atom. The highest BCUT2D eigenvalue weighted by Crippen LogP contribution is 2.29. The van der Waals surface area contributed by atoms with E-state index in [1.807, 2.05) is 38.2 Å². The molecule has 154 valence electrons. The molecule has 3 N–H and O–H groups in total. The Morgan fingerprint density at radius 1 is 1.10 bits per heavy atom. The van der Waals surface area contributed by atoms with Crippen LogP contribution in [0.4, 0.5) is 17.2 Å². The van der Waals surface area contributed by atoms with Gasteiger partial charge in [0.1, 0.15) is 0 Å². The number of amides is 2. The number of hydrogen-bond donors (Lipinski definition) is 3. The number of carbonyl (C=O) groups is 2. The highest BCUT2D eigenvalue weighted by Gasteiger charge is 2.26. The summed E-state index contributed by atoms with van der Waals surface area (Å²) in [7, 11) is 3.41. The fourth-order valence-electron chi connectivity index (χ4n) is 3.74. The lowest BCUT2D eigenvalue weighted by Gasteiger charge is -2.14. The first-order chi connectivity index (χ1) is 14.5. The van der Waals surface area contributed by atoms with Crippen LogP contribution in [0.2, 0.25) is 0 Å². The van der Waals surface area contributed by atoms with Crippen molar-refractivity contribution in [2.75, 3.05) is 17.7 Å². The van der Waals surface area contributed by atoms with Gasteiger partial charge in [-0.2, -0.15) is 5.10 Å². The van der Waals surface area contributed by atoms with Crippen LogP contribution in [0.25, 0.3) is 0 Å². The highest BCUT2D eigenvalue weighted by molar-refractivity contribution is 6.06. The highest BCUT2D eigenvalue weighted by atomic mass is 16.2. The quantitative estimate of drug-likeness (QED) is 0.607. The summed E-state index contributed by atoms with van der Waals surface area (Å²) < 4.78 is 1.78. The molecular weight excluding hydrogens is 380 g/mol. The van der Waals surface area contributed by atoms with Crippen molar-refractivity contribution in [3.63, 3.8) is 0 Å². The standard InChI is InChI=1S/C22H24N6O2/c1-13-7-4-5-9-16(13)25-20-17(11-14(12-24-20)21(29)23-2)26-22(30)19-15-8-6-10-18(15)28(3)27-19/h4-5,7,9,11-12H,6,8,10H2,1-3H3,(H,23,29)(H,24,25)(H,26,30). The Hall–Kier alpha value is -3.68. The second-order valence-corrected chi connectivity index (χ2v) is 7.34. The van der Waals surface area contributed by atoms with Gasteiger partial charge >= 0.3 is 0 Å². The van der Waals surface area contributed by atoms with E-state index in [1.165, 1.54) is 6.20 Å². The Morgan fingerprint density at radius 2 is 1.90 bits per heavy atom. The third-order valence-corrected chi connectivity index (χ3v) is 5.35. The van der Waals surface area contributed by atoms with Gasteiger partial charge in [0.25, 0.3) is 11.8 Å². The Kier molecular flexibility index (Phi) is 5.22. The first kappa shape index (κ1) is 19.6. The molecule has 0 aliphatic heterocycles. The second kappa shape index (κ2) is 7.98. The summed E-state index contributed by atoms with van der Waals surface area (Å²) in [5, 5.41) is 13.2. The summed E-state index contributed by atoms with van der Waals surface area (Å²) in [5.74, 6) is -0.130. The predicted molar refractivity (Wildman–Crippen MR) is 115 cm³/mol. The van der Waals surface area contributed by atoms with Crippen LogP contribution in [0.1, 0.15) is 44.1 Å². The lowest BCUT2D eigenvalue weighted by atomic mass is 10.1. The van der Waals surface area contributed by atoms with Gasteiger partial charge in [-0.1, -0.05) is 18.2 Å². The summed E-state index contributed by atoms with van der Waals surface area (Å²) in [5.41, 5.74) is 5.21. The molecule has 2 heterocycles. The number of nitrogens with zero attached hydrogens (tertiary/aromatic N) is 3. The van der Waals surface area contributed by atoms with E-state index in [0.29, 0.717) is 22.8 Å². The van der Waals surface area contributed by atoms with Gasteiger partial charge in [-0.25, -0.2) is 4.98 Å². The molecule has 1 aromatic carbocycles. The number of para-hydroxylation sites is 1. The molecule has 8 heteroatoms. The van der Waals surface area contributed by atoms with Crippen LogP contribution >= 0.6 is 0 Å². The Bertz CT molecular complexity index is 1130. The first-order valence-electron chi connectivity index (χ1n) is 9.88. The lowest BCUT2D eigenvalue weighted by molar-refractivity contribution is 0.0961. The maximum atomic E-state index is 13.1. The number of fused-ring (bicyclic) bond motifs is 1. The van der Waals surface area contributed by atoms with Crippen LogP contribution < -0.4 is 16.0 Å². The summed E-state index contributed by atoms with van der Waals surface area (Å²) in [4.78, 5) is 29.6. The minimum Gasteiger partial charge on any atom is -0.355 e. The van der Waals surface area contributed by atoms with E-state index >= 15 is 0 Å².